The number of aromatic nitrogens is 1. The van der Waals surface area contributed by atoms with Gasteiger partial charge in [0.25, 0.3) is 0 Å². The predicted octanol–water partition coefficient (Wildman–Crippen LogP) is 2.58. The molecular weight excluding hydrogens is 210 g/mol. The minimum absolute atomic E-state index is 0.572. The van der Waals surface area contributed by atoms with Crippen LogP contribution in [0.5, 0.6) is 0 Å². The van der Waals surface area contributed by atoms with E-state index in [1.807, 2.05) is 12.4 Å². The summed E-state index contributed by atoms with van der Waals surface area (Å²) in [7, 11) is 2.06. The van der Waals surface area contributed by atoms with Crippen LogP contribution in [0, 0.1) is 6.92 Å². The molecule has 0 N–H and O–H groups in total. The Morgan fingerprint density at radius 2 is 2.47 bits per heavy atom. The Morgan fingerprint density at radius 3 is 3.07 bits per heavy atom. The van der Waals surface area contributed by atoms with Crippen LogP contribution in [0.1, 0.15) is 17.0 Å². The summed E-state index contributed by atoms with van der Waals surface area (Å²) in [5.74, 6) is 0. The molecule has 0 radical (unpaired) electrons. The maximum Gasteiger partial charge on any atom is 0.0798 e. The van der Waals surface area contributed by atoms with Gasteiger partial charge in [-0.05, 0) is 32.5 Å². The second-order valence-electron chi connectivity index (χ2n) is 3.41. The second-order valence-corrected chi connectivity index (χ2v) is 4.35. The number of rotatable bonds is 6. The fourth-order valence-corrected chi connectivity index (χ4v) is 2.11. The number of azide groups is 1. The lowest BCUT2D eigenvalue weighted by atomic mass is 10.3. The van der Waals surface area contributed by atoms with E-state index < -0.39 is 0 Å². The highest BCUT2D eigenvalue weighted by Crippen LogP contribution is 2.13. The molecule has 82 valence electrons. The van der Waals surface area contributed by atoms with Crippen molar-refractivity contribution in [1.29, 1.82) is 0 Å². The zero-order chi connectivity index (χ0) is 11.1. The van der Waals surface area contributed by atoms with Gasteiger partial charge in [-0.1, -0.05) is 5.11 Å². The molecule has 15 heavy (non-hydrogen) atoms. The molecule has 0 aliphatic carbocycles. The molecule has 0 fully saturated rings. The highest BCUT2D eigenvalue weighted by Gasteiger charge is 2.04. The summed E-state index contributed by atoms with van der Waals surface area (Å²) in [5.41, 5.74) is 11.1. The molecule has 0 aromatic carbocycles. The van der Waals surface area contributed by atoms with Gasteiger partial charge in [-0.15, -0.1) is 11.3 Å². The number of nitrogens with zero attached hydrogens (tertiary/aromatic N) is 5. The highest BCUT2D eigenvalue weighted by atomic mass is 32.1. The average molecular weight is 225 g/mol. The molecule has 0 amide bonds. The van der Waals surface area contributed by atoms with Crippen LogP contribution in [0.2, 0.25) is 0 Å². The lowest BCUT2D eigenvalue weighted by molar-refractivity contribution is 0.326. The molecule has 0 aliphatic rings. The van der Waals surface area contributed by atoms with Crippen LogP contribution in [-0.4, -0.2) is 30.0 Å². The molecule has 0 bridgehead atoms. The van der Waals surface area contributed by atoms with Gasteiger partial charge in [0.05, 0.1) is 11.2 Å². The van der Waals surface area contributed by atoms with Crippen LogP contribution in [0.15, 0.2) is 10.6 Å². The Balaban J connectivity index is 2.27. The Hall–Kier alpha value is -1.10. The first-order chi connectivity index (χ1) is 7.24. The minimum Gasteiger partial charge on any atom is -0.301 e. The SMILES string of the molecule is Cc1ncsc1CN(C)CCCN=[N+]=[N-]. The molecule has 0 saturated carbocycles. The van der Waals surface area contributed by atoms with Crippen molar-refractivity contribution in [1.82, 2.24) is 9.88 Å². The summed E-state index contributed by atoms with van der Waals surface area (Å²) >= 11 is 1.69. The van der Waals surface area contributed by atoms with Gasteiger partial charge < -0.3 is 4.90 Å². The highest BCUT2D eigenvalue weighted by molar-refractivity contribution is 7.09. The van der Waals surface area contributed by atoms with E-state index in [0.717, 1.165) is 25.2 Å². The molecule has 0 unspecified atom stereocenters. The summed E-state index contributed by atoms with van der Waals surface area (Å²) < 4.78 is 0. The normalized spacial score (nSPS) is 10.3. The van der Waals surface area contributed by atoms with Crippen molar-refractivity contribution in [3.05, 3.63) is 26.5 Å². The van der Waals surface area contributed by atoms with E-state index in [4.69, 9.17) is 5.53 Å². The smallest absolute Gasteiger partial charge is 0.0798 e. The molecular formula is C9H15N5S. The molecule has 1 rings (SSSR count). The van der Waals surface area contributed by atoms with Crippen molar-refractivity contribution < 1.29 is 0 Å². The van der Waals surface area contributed by atoms with E-state index in [1.54, 1.807) is 11.3 Å². The third kappa shape index (κ3) is 4.29. The number of aryl methyl sites for hydroxylation is 1. The monoisotopic (exact) mass is 225 g/mol. The second kappa shape index (κ2) is 6.40. The first-order valence-corrected chi connectivity index (χ1v) is 5.70. The maximum atomic E-state index is 8.11. The van der Waals surface area contributed by atoms with E-state index in [0.29, 0.717) is 6.54 Å². The Labute approximate surface area is 93.4 Å². The largest absolute Gasteiger partial charge is 0.301 e. The van der Waals surface area contributed by atoms with Gasteiger partial charge in [0.15, 0.2) is 0 Å². The van der Waals surface area contributed by atoms with Crippen LogP contribution in [0.4, 0.5) is 0 Å². The molecule has 6 heteroatoms. The van der Waals surface area contributed by atoms with Gasteiger partial charge in [0.2, 0.25) is 0 Å². The minimum atomic E-state index is 0.572. The zero-order valence-electron chi connectivity index (χ0n) is 9.05. The topological polar surface area (TPSA) is 64.9 Å². The van der Waals surface area contributed by atoms with Gasteiger partial charge in [-0.25, -0.2) is 4.98 Å². The van der Waals surface area contributed by atoms with Gasteiger partial charge in [-0.3, -0.25) is 0 Å². The lowest BCUT2D eigenvalue weighted by Gasteiger charge is -2.14. The maximum absolute atomic E-state index is 8.11. The standard InChI is InChI=1S/C9H15N5S/c1-8-9(15-7-11-8)6-14(2)5-3-4-12-13-10/h7H,3-6H2,1-2H3. The van der Waals surface area contributed by atoms with Crippen molar-refractivity contribution in [3.63, 3.8) is 0 Å². The Bertz CT molecular complexity index is 342. The summed E-state index contributed by atoms with van der Waals surface area (Å²) in [6.45, 7) is 4.46. The van der Waals surface area contributed by atoms with Crippen molar-refractivity contribution in [2.75, 3.05) is 20.1 Å². The molecule has 0 atom stereocenters. The Morgan fingerprint density at radius 1 is 1.67 bits per heavy atom. The van der Waals surface area contributed by atoms with Gasteiger partial charge in [-0.2, -0.15) is 0 Å². The number of thiazole rings is 1. The van der Waals surface area contributed by atoms with Crippen LogP contribution in [0.25, 0.3) is 10.4 Å². The van der Waals surface area contributed by atoms with Crippen molar-refractivity contribution in [2.24, 2.45) is 5.11 Å². The molecule has 5 nitrogen and oxygen atoms in total. The van der Waals surface area contributed by atoms with Gasteiger partial charge in [0.1, 0.15) is 0 Å². The third-order valence-corrected chi connectivity index (χ3v) is 3.04. The summed E-state index contributed by atoms with van der Waals surface area (Å²) in [4.78, 5) is 10.4. The fourth-order valence-electron chi connectivity index (χ4n) is 1.26. The zero-order valence-corrected chi connectivity index (χ0v) is 9.87. The first kappa shape index (κ1) is 12.0. The van der Waals surface area contributed by atoms with E-state index in [2.05, 4.69) is 27.0 Å². The van der Waals surface area contributed by atoms with Crippen molar-refractivity contribution >= 4 is 11.3 Å². The van der Waals surface area contributed by atoms with Crippen LogP contribution < -0.4 is 0 Å². The quantitative estimate of drug-likeness (QED) is 0.323. The predicted molar refractivity (Wildman–Crippen MR) is 61.8 cm³/mol. The van der Waals surface area contributed by atoms with Gasteiger partial charge in [0, 0.05) is 22.9 Å². The van der Waals surface area contributed by atoms with Crippen LogP contribution in [0.3, 0.4) is 0 Å². The summed E-state index contributed by atoms with van der Waals surface area (Å²) in [5, 5.41) is 3.50. The van der Waals surface area contributed by atoms with E-state index in [1.165, 1.54) is 4.88 Å². The molecule has 1 aromatic heterocycles. The van der Waals surface area contributed by atoms with E-state index in [9.17, 15) is 0 Å². The van der Waals surface area contributed by atoms with E-state index in [-0.39, 0.29) is 0 Å². The van der Waals surface area contributed by atoms with E-state index >= 15 is 0 Å². The molecule has 0 spiro atoms. The van der Waals surface area contributed by atoms with Crippen LogP contribution >= 0.6 is 11.3 Å². The first-order valence-electron chi connectivity index (χ1n) is 4.82. The van der Waals surface area contributed by atoms with Crippen molar-refractivity contribution in [2.45, 2.75) is 19.9 Å². The lowest BCUT2D eigenvalue weighted by Crippen LogP contribution is -2.19. The number of hydrogen-bond acceptors (Lipinski definition) is 4. The molecule has 0 saturated heterocycles. The Kier molecular flexibility index (Phi) is 5.10. The molecule has 0 aliphatic heterocycles. The van der Waals surface area contributed by atoms with Gasteiger partial charge >= 0.3 is 0 Å². The number of hydrogen-bond donors (Lipinski definition) is 0. The van der Waals surface area contributed by atoms with Crippen LogP contribution in [-0.2, 0) is 6.54 Å². The molecule has 1 heterocycles. The summed E-state index contributed by atoms with van der Waals surface area (Å²) in [6, 6.07) is 0. The summed E-state index contributed by atoms with van der Waals surface area (Å²) in [6.07, 6.45) is 0.901. The third-order valence-electron chi connectivity index (χ3n) is 2.12. The van der Waals surface area contributed by atoms with Crippen molar-refractivity contribution in [3.8, 4) is 0 Å². The molecule has 1 aromatic rings. The fraction of sp³-hybridized carbons (Fsp3) is 0.667. The average Bonchev–Trinajstić information content (AvgIpc) is 2.59.